The third kappa shape index (κ3) is 0.956. The Kier molecular flexibility index (Phi) is 1.69. The lowest BCUT2D eigenvalue weighted by molar-refractivity contribution is -0.107. The molecule has 0 radical (unpaired) electrons. The van der Waals surface area contributed by atoms with Gasteiger partial charge in [0, 0.05) is 18.0 Å². The van der Waals surface area contributed by atoms with E-state index in [2.05, 4.69) is 4.98 Å². The second kappa shape index (κ2) is 2.71. The van der Waals surface area contributed by atoms with Crippen molar-refractivity contribution in [1.82, 2.24) is 9.38 Å². The Morgan fingerprint density at radius 3 is 3.33 bits per heavy atom. The zero-order valence-corrected chi connectivity index (χ0v) is 7.47. The fourth-order valence-corrected chi connectivity index (χ4v) is 2.04. The highest BCUT2D eigenvalue weighted by molar-refractivity contribution is 7.15. The molecule has 0 saturated heterocycles. The van der Waals surface area contributed by atoms with Crippen molar-refractivity contribution in [2.24, 2.45) is 0 Å². The highest BCUT2D eigenvalue weighted by Crippen LogP contribution is 2.16. The van der Waals surface area contributed by atoms with Crippen molar-refractivity contribution in [2.75, 3.05) is 0 Å². The van der Waals surface area contributed by atoms with E-state index < -0.39 is 0 Å². The molecule has 3 nitrogen and oxygen atoms in total. The summed E-state index contributed by atoms with van der Waals surface area (Å²) in [5.41, 5.74) is 1.95. The van der Waals surface area contributed by atoms with Gasteiger partial charge in [-0.25, -0.2) is 4.98 Å². The molecule has 0 aliphatic heterocycles. The Hall–Kier alpha value is -1.16. The molecule has 2 rings (SSSR count). The van der Waals surface area contributed by atoms with Gasteiger partial charge in [-0.1, -0.05) is 0 Å². The van der Waals surface area contributed by atoms with Crippen molar-refractivity contribution < 1.29 is 4.79 Å². The number of hydrogen-bond acceptors (Lipinski definition) is 3. The number of aryl methyl sites for hydroxylation is 1. The van der Waals surface area contributed by atoms with E-state index in [9.17, 15) is 4.79 Å². The molecule has 2 aromatic heterocycles. The molecule has 0 spiro atoms. The van der Waals surface area contributed by atoms with Crippen molar-refractivity contribution in [2.45, 2.75) is 13.3 Å². The lowest BCUT2D eigenvalue weighted by Gasteiger charge is -1.92. The lowest BCUT2D eigenvalue weighted by Crippen LogP contribution is -1.92. The molecule has 2 aromatic rings. The van der Waals surface area contributed by atoms with Gasteiger partial charge in [-0.2, -0.15) is 0 Å². The molecule has 0 N–H and O–H groups in total. The third-order valence-electron chi connectivity index (χ3n) is 1.84. The summed E-state index contributed by atoms with van der Waals surface area (Å²) in [6, 6.07) is 0. The minimum absolute atomic E-state index is 0.448. The van der Waals surface area contributed by atoms with Gasteiger partial charge in [-0.3, -0.25) is 4.40 Å². The highest BCUT2D eigenvalue weighted by Gasteiger charge is 2.07. The van der Waals surface area contributed by atoms with Gasteiger partial charge in [0.2, 0.25) is 0 Å². The number of fused-ring (bicyclic) bond motifs is 1. The zero-order chi connectivity index (χ0) is 8.55. The van der Waals surface area contributed by atoms with Crippen molar-refractivity contribution in [3.05, 3.63) is 23.0 Å². The number of imidazole rings is 1. The van der Waals surface area contributed by atoms with Crippen molar-refractivity contribution in [3.63, 3.8) is 0 Å². The quantitative estimate of drug-likeness (QED) is 0.655. The van der Waals surface area contributed by atoms with E-state index >= 15 is 0 Å². The number of carbonyl (C=O) groups is 1. The molecule has 2 heterocycles. The molecule has 0 aliphatic rings. The average molecular weight is 180 g/mol. The van der Waals surface area contributed by atoms with Gasteiger partial charge < -0.3 is 4.79 Å². The summed E-state index contributed by atoms with van der Waals surface area (Å²) in [6.45, 7) is 1.93. The molecule has 62 valence electrons. The fraction of sp³-hybridized carbons (Fsp3) is 0.250. The fourth-order valence-electron chi connectivity index (χ4n) is 1.27. The molecule has 0 aliphatic carbocycles. The molecule has 0 unspecified atom stereocenters. The molecule has 0 amide bonds. The molecular weight excluding hydrogens is 172 g/mol. The van der Waals surface area contributed by atoms with Crippen LogP contribution < -0.4 is 0 Å². The lowest BCUT2D eigenvalue weighted by atomic mass is 10.3. The number of nitrogens with zero attached hydrogens (tertiary/aromatic N) is 2. The number of rotatable bonds is 2. The van der Waals surface area contributed by atoms with Crippen LogP contribution in [0.1, 0.15) is 11.4 Å². The molecule has 12 heavy (non-hydrogen) atoms. The first-order chi connectivity index (χ1) is 5.83. The normalized spacial score (nSPS) is 10.8. The largest absolute Gasteiger partial charge is 0.303 e. The van der Waals surface area contributed by atoms with Gasteiger partial charge in [-0.15, -0.1) is 11.3 Å². The topological polar surface area (TPSA) is 34.4 Å². The Balaban J connectivity index is 2.67. The number of thiazole rings is 1. The summed E-state index contributed by atoms with van der Waals surface area (Å²) in [6.07, 6.45) is 3.30. The van der Waals surface area contributed by atoms with E-state index in [-0.39, 0.29) is 0 Å². The smallest absolute Gasteiger partial charge is 0.194 e. The van der Waals surface area contributed by atoms with Gasteiger partial charge >= 0.3 is 0 Å². The maximum atomic E-state index is 10.4. The first-order valence-corrected chi connectivity index (χ1v) is 4.55. The van der Waals surface area contributed by atoms with Gasteiger partial charge in [0.05, 0.1) is 11.4 Å². The van der Waals surface area contributed by atoms with Crippen LogP contribution in [0.25, 0.3) is 4.96 Å². The summed E-state index contributed by atoms with van der Waals surface area (Å²) in [7, 11) is 0. The summed E-state index contributed by atoms with van der Waals surface area (Å²) in [5, 5.41) is 1.97. The van der Waals surface area contributed by atoms with Crippen LogP contribution in [0.15, 0.2) is 11.6 Å². The molecule has 0 atom stereocenters. The van der Waals surface area contributed by atoms with Crippen molar-refractivity contribution in [3.8, 4) is 0 Å². The van der Waals surface area contributed by atoms with Crippen LogP contribution in [0, 0.1) is 6.92 Å². The Morgan fingerprint density at radius 1 is 1.75 bits per heavy atom. The van der Waals surface area contributed by atoms with E-state index in [1.165, 1.54) is 0 Å². The first-order valence-electron chi connectivity index (χ1n) is 3.67. The monoisotopic (exact) mass is 180 g/mol. The predicted molar refractivity (Wildman–Crippen MR) is 47.6 cm³/mol. The summed E-state index contributed by atoms with van der Waals surface area (Å²) in [5.74, 6) is 0. The molecule has 0 fully saturated rings. The van der Waals surface area contributed by atoms with Crippen molar-refractivity contribution in [1.29, 1.82) is 0 Å². The van der Waals surface area contributed by atoms with Gasteiger partial charge in [0.1, 0.15) is 6.29 Å². The van der Waals surface area contributed by atoms with Gasteiger partial charge in [0.15, 0.2) is 4.96 Å². The summed E-state index contributed by atoms with van der Waals surface area (Å²) in [4.78, 5) is 15.6. The standard InChI is InChI=1S/C8H8N2OS/c1-6-7(2-4-11)10-3-5-12-8(10)9-6/h3-5H,2H2,1H3. The molecular formula is C8H8N2OS. The summed E-state index contributed by atoms with van der Waals surface area (Å²) < 4.78 is 1.97. The van der Waals surface area contributed by atoms with E-state index in [4.69, 9.17) is 0 Å². The second-order valence-corrected chi connectivity index (χ2v) is 3.44. The van der Waals surface area contributed by atoms with Crippen LogP contribution in [-0.4, -0.2) is 15.7 Å². The van der Waals surface area contributed by atoms with Gasteiger partial charge in [0.25, 0.3) is 0 Å². The zero-order valence-electron chi connectivity index (χ0n) is 6.65. The Morgan fingerprint density at radius 2 is 2.58 bits per heavy atom. The van der Waals surface area contributed by atoms with E-state index in [0.29, 0.717) is 6.42 Å². The molecule has 0 bridgehead atoms. The number of aromatic nitrogens is 2. The SMILES string of the molecule is Cc1nc2sccn2c1CC=O. The number of hydrogen-bond donors (Lipinski definition) is 0. The minimum atomic E-state index is 0.448. The minimum Gasteiger partial charge on any atom is -0.303 e. The second-order valence-electron chi connectivity index (χ2n) is 2.57. The van der Waals surface area contributed by atoms with E-state index in [0.717, 1.165) is 22.6 Å². The maximum Gasteiger partial charge on any atom is 0.194 e. The Labute approximate surface area is 73.7 Å². The van der Waals surface area contributed by atoms with Crippen LogP contribution in [0.3, 0.4) is 0 Å². The Bertz CT molecular complexity index is 416. The third-order valence-corrected chi connectivity index (χ3v) is 2.59. The van der Waals surface area contributed by atoms with Crippen molar-refractivity contribution >= 4 is 22.6 Å². The number of carbonyl (C=O) groups excluding carboxylic acids is 1. The first kappa shape index (κ1) is 7.49. The van der Waals surface area contributed by atoms with E-state index in [1.807, 2.05) is 22.9 Å². The van der Waals surface area contributed by atoms with Crippen LogP contribution in [0.5, 0.6) is 0 Å². The summed E-state index contributed by atoms with van der Waals surface area (Å²) >= 11 is 1.58. The molecule has 4 heteroatoms. The predicted octanol–water partition coefficient (Wildman–Crippen LogP) is 1.45. The molecule has 0 saturated carbocycles. The van der Waals surface area contributed by atoms with E-state index in [1.54, 1.807) is 11.3 Å². The van der Waals surface area contributed by atoms with Crippen LogP contribution in [-0.2, 0) is 11.2 Å². The molecule has 0 aromatic carbocycles. The van der Waals surface area contributed by atoms with Gasteiger partial charge in [-0.05, 0) is 6.92 Å². The highest BCUT2D eigenvalue weighted by atomic mass is 32.1. The van der Waals surface area contributed by atoms with Crippen LogP contribution in [0.2, 0.25) is 0 Å². The van der Waals surface area contributed by atoms with Crippen LogP contribution in [0.4, 0.5) is 0 Å². The number of aldehydes is 1. The average Bonchev–Trinajstić information content (AvgIpc) is 2.56. The van der Waals surface area contributed by atoms with Crippen LogP contribution >= 0.6 is 11.3 Å². The maximum absolute atomic E-state index is 10.4.